The maximum Gasteiger partial charge on any atom is 0.388 e. The van der Waals surface area contributed by atoms with E-state index in [0.29, 0.717) is 0 Å². The van der Waals surface area contributed by atoms with Crippen LogP contribution in [-0.4, -0.2) is 23.0 Å². The summed E-state index contributed by atoms with van der Waals surface area (Å²) in [5, 5.41) is 10.4. The molecular formula is C7H11NO4. The zero-order valence-corrected chi connectivity index (χ0v) is 7.07. The molecule has 0 N–H and O–H groups in total. The van der Waals surface area contributed by atoms with Gasteiger partial charge < -0.3 is 4.74 Å². The highest BCUT2D eigenvalue weighted by atomic mass is 16.6. The van der Waals surface area contributed by atoms with E-state index in [1.54, 1.807) is 6.92 Å². The fraction of sp³-hybridized carbons (Fsp3) is 0.571. The van der Waals surface area contributed by atoms with Crippen molar-refractivity contribution in [2.75, 3.05) is 6.61 Å². The Labute approximate surface area is 70.2 Å². The van der Waals surface area contributed by atoms with E-state index in [4.69, 9.17) is 0 Å². The van der Waals surface area contributed by atoms with Crippen LogP contribution >= 0.6 is 0 Å². The molecule has 0 aliphatic carbocycles. The number of hydrogen-bond donors (Lipinski definition) is 0. The first-order valence-corrected chi connectivity index (χ1v) is 3.44. The van der Waals surface area contributed by atoms with Crippen molar-refractivity contribution in [2.45, 2.75) is 19.4 Å². The van der Waals surface area contributed by atoms with Crippen LogP contribution < -0.4 is 0 Å². The molecule has 1 unspecified atom stereocenters. The normalized spacial score (nSPS) is 14.5. The monoisotopic (exact) mass is 173 g/mol. The highest BCUT2D eigenvalue weighted by Gasteiger charge is 2.44. The van der Waals surface area contributed by atoms with Gasteiger partial charge in [-0.2, -0.15) is 0 Å². The minimum atomic E-state index is -1.82. The smallest absolute Gasteiger partial charge is 0.388 e. The Morgan fingerprint density at radius 1 is 1.83 bits per heavy atom. The SMILES string of the molecule is C=CC(C)(C(=O)OCC)[N+](=O)[O-]. The van der Waals surface area contributed by atoms with Gasteiger partial charge in [-0.3, -0.25) is 10.1 Å². The van der Waals surface area contributed by atoms with E-state index in [-0.39, 0.29) is 6.61 Å². The second kappa shape index (κ2) is 3.85. The topological polar surface area (TPSA) is 69.4 Å². The fourth-order valence-corrected chi connectivity index (χ4v) is 0.510. The number of rotatable bonds is 4. The average Bonchev–Trinajstić information content (AvgIpc) is 2.03. The van der Waals surface area contributed by atoms with Gasteiger partial charge in [0.1, 0.15) is 0 Å². The van der Waals surface area contributed by atoms with Gasteiger partial charge in [-0.25, -0.2) is 4.79 Å². The minimum Gasteiger partial charge on any atom is -0.460 e. The third-order valence-electron chi connectivity index (χ3n) is 1.47. The van der Waals surface area contributed by atoms with Crippen LogP contribution in [0.4, 0.5) is 0 Å². The van der Waals surface area contributed by atoms with Gasteiger partial charge in [0.25, 0.3) is 0 Å². The Bertz CT molecular complexity index is 213. The lowest BCUT2D eigenvalue weighted by Gasteiger charge is -2.13. The van der Waals surface area contributed by atoms with Crippen LogP contribution in [0.1, 0.15) is 13.8 Å². The van der Waals surface area contributed by atoms with Gasteiger partial charge in [0.2, 0.25) is 0 Å². The molecule has 1 atom stereocenters. The van der Waals surface area contributed by atoms with Gasteiger partial charge in [0.05, 0.1) is 6.61 Å². The second-order valence-corrected chi connectivity index (χ2v) is 2.33. The summed E-state index contributed by atoms with van der Waals surface area (Å²) in [5.74, 6) is -0.884. The number of nitrogens with zero attached hydrogens (tertiary/aromatic N) is 1. The van der Waals surface area contributed by atoms with E-state index in [1.165, 1.54) is 0 Å². The molecule has 0 saturated carbocycles. The van der Waals surface area contributed by atoms with Crippen molar-refractivity contribution in [2.24, 2.45) is 0 Å². The van der Waals surface area contributed by atoms with Crippen molar-refractivity contribution in [3.05, 3.63) is 22.8 Å². The Morgan fingerprint density at radius 2 is 2.33 bits per heavy atom. The van der Waals surface area contributed by atoms with E-state index < -0.39 is 16.4 Å². The summed E-state index contributed by atoms with van der Waals surface area (Å²) in [6, 6.07) is 0. The van der Waals surface area contributed by atoms with Gasteiger partial charge >= 0.3 is 11.5 Å². The Kier molecular flexibility index (Phi) is 3.40. The van der Waals surface area contributed by atoms with E-state index >= 15 is 0 Å². The van der Waals surface area contributed by atoms with E-state index in [9.17, 15) is 14.9 Å². The van der Waals surface area contributed by atoms with Gasteiger partial charge in [-0.15, -0.1) is 0 Å². The standard InChI is InChI=1S/C7H11NO4/c1-4-7(3,8(10)11)6(9)12-5-2/h4H,1,5H2,2-3H3. The number of hydrogen-bond acceptors (Lipinski definition) is 4. The lowest BCUT2D eigenvalue weighted by molar-refractivity contribution is -0.536. The van der Waals surface area contributed by atoms with E-state index in [1.807, 2.05) is 0 Å². The number of ether oxygens (including phenoxy) is 1. The molecule has 0 aromatic heterocycles. The molecule has 0 saturated heterocycles. The maximum absolute atomic E-state index is 11.0. The van der Waals surface area contributed by atoms with Gasteiger partial charge in [0, 0.05) is 11.8 Å². The van der Waals surface area contributed by atoms with Crippen molar-refractivity contribution in [1.29, 1.82) is 0 Å². The maximum atomic E-state index is 11.0. The quantitative estimate of drug-likeness (QED) is 0.272. The summed E-state index contributed by atoms with van der Waals surface area (Å²) >= 11 is 0. The Balaban J connectivity index is 4.63. The molecule has 0 aromatic carbocycles. The zero-order valence-electron chi connectivity index (χ0n) is 7.07. The molecule has 0 heterocycles. The first-order valence-electron chi connectivity index (χ1n) is 3.44. The lowest BCUT2D eigenvalue weighted by Crippen LogP contribution is -2.42. The molecule has 0 bridgehead atoms. The molecule has 0 radical (unpaired) electrons. The molecule has 68 valence electrons. The van der Waals surface area contributed by atoms with Crippen molar-refractivity contribution in [3.8, 4) is 0 Å². The highest BCUT2D eigenvalue weighted by Crippen LogP contribution is 2.12. The van der Waals surface area contributed by atoms with Gasteiger partial charge in [-0.05, 0) is 13.0 Å². The molecule has 0 aromatic rings. The molecule has 0 spiro atoms. The molecule has 0 fully saturated rings. The fourth-order valence-electron chi connectivity index (χ4n) is 0.510. The summed E-state index contributed by atoms with van der Waals surface area (Å²) in [5.41, 5.74) is -1.82. The zero-order chi connectivity index (χ0) is 9.78. The molecule has 0 aliphatic rings. The summed E-state index contributed by atoms with van der Waals surface area (Å²) in [4.78, 5) is 20.7. The van der Waals surface area contributed by atoms with Crippen molar-refractivity contribution in [3.63, 3.8) is 0 Å². The van der Waals surface area contributed by atoms with Crippen LogP contribution in [0.25, 0.3) is 0 Å². The van der Waals surface area contributed by atoms with Gasteiger partial charge in [0.15, 0.2) is 0 Å². The second-order valence-electron chi connectivity index (χ2n) is 2.33. The molecular weight excluding hydrogens is 162 g/mol. The first kappa shape index (κ1) is 10.6. The molecule has 0 aliphatic heterocycles. The van der Waals surface area contributed by atoms with Crippen LogP contribution in [0.15, 0.2) is 12.7 Å². The molecule has 12 heavy (non-hydrogen) atoms. The molecule has 0 amide bonds. The molecule has 5 heteroatoms. The van der Waals surface area contributed by atoms with E-state index in [0.717, 1.165) is 13.0 Å². The Morgan fingerprint density at radius 3 is 2.58 bits per heavy atom. The van der Waals surface area contributed by atoms with Crippen molar-refractivity contribution in [1.82, 2.24) is 0 Å². The average molecular weight is 173 g/mol. The molecule has 0 rings (SSSR count). The number of carbonyl (C=O) groups is 1. The molecule has 5 nitrogen and oxygen atoms in total. The van der Waals surface area contributed by atoms with Crippen molar-refractivity contribution >= 4 is 5.97 Å². The van der Waals surface area contributed by atoms with Crippen molar-refractivity contribution < 1.29 is 14.5 Å². The largest absolute Gasteiger partial charge is 0.460 e. The lowest BCUT2D eigenvalue weighted by atomic mass is 10.1. The van der Waals surface area contributed by atoms with Crippen LogP contribution in [0.5, 0.6) is 0 Å². The number of carbonyl (C=O) groups excluding carboxylic acids is 1. The van der Waals surface area contributed by atoms with Crippen LogP contribution in [-0.2, 0) is 9.53 Å². The highest BCUT2D eigenvalue weighted by molar-refractivity contribution is 5.80. The summed E-state index contributed by atoms with van der Waals surface area (Å²) < 4.78 is 4.51. The first-order chi connectivity index (χ1) is 5.49. The minimum absolute atomic E-state index is 0.121. The number of esters is 1. The van der Waals surface area contributed by atoms with Crippen LogP contribution in [0.3, 0.4) is 0 Å². The van der Waals surface area contributed by atoms with Crippen LogP contribution in [0, 0.1) is 10.1 Å². The Hall–Kier alpha value is -1.39. The van der Waals surface area contributed by atoms with E-state index in [2.05, 4.69) is 11.3 Å². The third kappa shape index (κ3) is 1.81. The summed E-state index contributed by atoms with van der Waals surface area (Å²) in [6.45, 7) is 6.07. The number of nitro groups is 1. The predicted octanol–water partition coefficient (Wildman–Crippen LogP) is 0.771. The summed E-state index contributed by atoms with van der Waals surface area (Å²) in [6.07, 6.45) is 0.963. The van der Waals surface area contributed by atoms with Gasteiger partial charge in [-0.1, -0.05) is 6.58 Å². The summed E-state index contributed by atoms with van der Waals surface area (Å²) in [7, 11) is 0. The predicted molar refractivity (Wildman–Crippen MR) is 42.2 cm³/mol. The third-order valence-corrected chi connectivity index (χ3v) is 1.47. The van der Waals surface area contributed by atoms with Crippen LogP contribution in [0.2, 0.25) is 0 Å².